The molecule has 2 heterocycles. The number of benzene rings is 1. The van der Waals surface area contributed by atoms with Crippen molar-refractivity contribution in [2.75, 3.05) is 19.0 Å². The number of primary amides is 1. The van der Waals surface area contributed by atoms with E-state index in [-0.39, 0.29) is 6.04 Å². The van der Waals surface area contributed by atoms with Crippen LogP contribution in [0.1, 0.15) is 29.7 Å². The minimum atomic E-state index is -0.478. The zero-order valence-electron chi connectivity index (χ0n) is 12.1. The average Bonchev–Trinajstić information content (AvgIpc) is 2.86. The van der Waals surface area contributed by atoms with Gasteiger partial charge in [-0.2, -0.15) is 0 Å². The molecule has 1 aliphatic heterocycles. The molecule has 1 amide bonds. The topological polar surface area (TPSA) is 82.2 Å². The van der Waals surface area contributed by atoms with Gasteiger partial charge in [0.2, 0.25) is 11.9 Å². The number of imidazole rings is 1. The van der Waals surface area contributed by atoms with Gasteiger partial charge in [0.15, 0.2) is 0 Å². The van der Waals surface area contributed by atoms with Crippen LogP contribution in [0.4, 0.5) is 5.95 Å². The highest BCUT2D eigenvalue weighted by Crippen LogP contribution is 2.37. The van der Waals surface area contributed by atoms with Crippen molar-refractivity contribution in [1.29, 1.82) is 0 Å². The number of rotatable bonds is 4. The summed E-state index contributed by atoms with van der Waals surface area (Å²) < 4.78 is 7.96. The lowest BCUT2D eigenvalue weighted by molar-refractivity contribution is 0.1000. The third-order valence-corrected chi connectivity index (χ3v) is 3.70. The van der Waals surface area contributed by atoms with Crippen molar-refractivity contribution < 1.29 is 9.53 Å². The highest BCUT2D eigenvalue weighted by Gasteiger charge is 2.27. The zero-order valence-corrected chi connectivity index (χ0v) is 12.1. The molecule has 0 fully saturated rings. The van der Waals surface area contributed by atoms with Gasteiger partial charge in [0.1, 0.15) is 17.9 Å². The third kappa shape index (κ3) is 2.12. The van der Waals surface area contributed by atoms with E-state index in [1.165, 1.54) is 0 Å². The summed E-state index contributed by atoms with van der Waals surface area (Å²) in [6.07, 6.45) is 5.01. The van der Waals surface area contributed by atoms with Crippen molar-refractivity contribution in [1.82, 2.24) is 9.55 Å². The Morgan fingerprint density at radius 3 is 3.10 bits per heavy atom. The largest absolute Gasteiger partial charge is 0.489 e. The number of ether oxygens (including phenoxy) is 1. The van der Waals surface area contributed by atoms with E-state index in [4.69, 9.17) is 10.5 Å². The van der Waals surface area contributed by atoms with Crippen molar-refractivity contribution in [3.63, 3.8) is 0 Å². The highest BCUT2D eigenvalue weighted by atomic mass is 16.5. The molecule has 3 N–H and O–H groups in total. The Morgan fingerprint density at radius 2 is 2.43 bits per heavy atom. The Bertz CT molecular complexity index is 733. The van der Waals surface area contributed by atoms with Gasteiger partial charge in [-0.3, -0.25) is 4.79 Å². The Labute approximate surface area is 122 Å². The van der Waals surface area contributed by atoms with Crippen LogP contribution in [0.3, 0.4) is 0 Å². The van der Waals surface area contributed by atoms with Gasteiger partial charge in [-0.05, 0) is 25.5 Å². The van der Waals surface area contributed by atoms with Crippen LogP contribution in [0.2, 0.25) is 0 Å². The molecule has 6 nitrogen and oxygen atoms in total. The van der Waals surface area contributed by atoms with E-state index in [2.05, 4.69) is 20.9 Å². The summed E-state index contributed by atoms with van der Waals surface area (Å²) in [7, 11) is 1.83. The number of hydrogen-bond donors (Lipinski definition) is 2. The van der Waals surface area contributed by atoms with E-state index in [0.717, 1.165) is 23.4 Å². The van der Waals surface area contributed by atoms with Crippen molar-refractivity contribution in [2.24, 2.45) is 5.73 Å². The summed E-state index contributed by atoms with van der Waals surface area (Å²) in [5.41, 5.74) is 7.40. The molecule has 21 heavy (non-hydrogen) atoms. The SMILES string of the molecule is C/C=C/CC1COc2cc(C(N)=O)cc3nc(NC)n1c23. The van der Waals surface area contributed by atoms with E-state index in [1.54, 1.807) is 12.1 Å². The fraction of sp³-hybridized carbons (Fsp3) is 0.333. The predicted octanol–water partition coefficient (Wildman–Crippen LogP) is 2.08. The van der Waals surface area contributed by atoms with Crippen LogP contribution in [0, 0.1) is 0 Å². The van der Waals surface area contributed by atoms with Crippen molar-refractivity contribution in [2.45, 2.75) is 19.4 Å². The smallest absolute Gasteiger partial charge is 0.248 e. The van der Waals surface area contributed by atoms with Crippen molar-refractivity contribution in [3.8, 4) is 5.75 Å². The quantitative estimate of drug-likeness (QED) is 0.843. The molecular weight excluding hydrogens is 268 g/mol. The summed E-state index contributed by atoms with van der Waals surface area (Å²) in [6.45, 7) is 2.54. The Morgan fingerprint density at radius 1 is 1.62 bits per heavy atom. The number of nitrogens with zero attached hydrogens (tertiary/aromatic N) is 2. The molecule has 0 saturated carbocycles. The van der Waals surface area contributed by atoms with Gasteiger partial charge in [-0.1, -0.05) is 12.2 Å². The van der Waals surface area contributed by atoms with Crippen LogP contribution in [0.15, 0.2) is 24.3 Å². The molecular formula is C15H18N4O2. The van der Waals surface area contributed by atoms with Gasteiger partial charge in [-0.15, -0.1) is 0 Å². The number of nitrogens with one attached hydrogen (secondary N) is 1. The predicted molar refractivity (Wildman–Crippen MR) is 81.8 cm³/mol. The average molecular weight is 286 g/mol. The maximum absolute atomic E-state index is 11.4. The molecule has 1 aliphatic rings. The first-order valence-corrected chi connectivity index (χ1v) is 6.93. The minimum Gasteiger partial charge on any atom is -0.489 e. The first kappa shape index (κ1) is 13.5. The van der Waals surface area contributed by atoms with Crippen LogP contribution in [0.25, 0.3) is 11.0 Å². The first-order valence-electron chi connectivity index (χ1n) is 6.93. The molecule has 1 unspecified atom stereocenters. The Hall–Kier alpha value is -2.50. The van der Waals surface area contributed by atoms with Crippen LogP contribution in [-0.2, 0) is 0 Å². The lowest BCUT2D eigenvalue weighted by atomic mass is 10.1. The molecule has 0 bridgehead atoms. The number of carbonyl (C=O) groups is 1. The number of allylic oxidation sites excluding steroid dienone is 2. The van der Waals surface area contributed by atoms with E-state index < -0.39 is 5.91 Å². The van der Waals surface area contributed by atoms with Crippen molar-refractivity contribution in [3.05, 3.63) is 29.8 Å². The van der Waals surface area contributed by atoms with Gasteiger partial charge in [0.05, 0.1) is 11.6 Å². The van der Waals surface area contributed by atoms with Gasteiger partial charge in [0.25, 0.3) is 0 Å². The Kier molecular flexibility index (Phi) is 3.29. The zero-order chi connectivity index (χ0) is 15.0. The molecule has 3 rings (SSSR count). The van der Waals surface area contributed by atoms with E-state index in [0.29, 0.717) is 17.9 Å². The van der Waals surface area contributed by atoms with Gasteiger partial charge in [-0.25, -0.2) is 4.98 Å². The number of carbonyl (C=O) groups excluding carboxylic acids is 1. The maximum atomic E-state index is 11.4. The molecule has 1 atom stereocenters. The van der Waals surface area contributed by atoms with Gasteiger partial charge >= 0.3 is 0 Å². The van der Waals surface area contributed by atoms with Crippen LogP contribution in [0.5, 0.6) is 5.75 Å². The van der Waals surface area contributed by atoms with E-state index >= 15 is 0 Å². The lowest BCUT2D eigenvalue weighted by Gasteiger charge is -2.26. The molecule has 0 aliphatic carbocycles. The second kappa shape index (κ2) is 5.12. The lowest BCUT2D eigenvalue weighted by Crippen LogP contribution is -2.23. The summed E-state index contributed by atoms with van der Waals surface area (Å²) >= 11 is 0. The number of hydrogen-bond acceptors (Lipinski definition) is 4. The van der Waals surface area contributed by atoms with Crippen LogP contribution >= 0.6 is 0 Å². The van der Waals surface area contributed by atoms with E-state index in [9.17, 15) is 4.79 Å². The third-order valence-electron chi connectivity index (χ3n) is 3.70. The molecule has 0 spiro atoms. The van der Waals surface area contributed by atoms with Crippen LogP contribution in [-0.4, -0.2) is 29.1 Å². The summed E-state index contributed by atoms with van der Waals surface area (Å²) in [6, 6.07) is 3.58. The molecule has 1 aromatic heterocycles. The molecule has 2 aromatic rings. The number of anilines is 1. The molecule has 6 heteroatoms. The summed E-state index contributed by atoms with van der Waals surface area (Å²) in [5.74, 6) is 0.950. The number of nitrogens with two attached hydrogens (primary N) is 1. The van der Waals surface area contributed by atoms with Crippen molar-refractivity contribution >= 4 is 22.9 Å². The Balaban J connectivity index is 2.21. The minimum absolute atomic E-state index is 0.181. The maximum Gasteiger partial charge on any atom is 0.248 e. The molecule has 1 aromatic carbocycles. The molecule has 110 valence electrons. The fourth-order valence-corrected chi connectivity index (χ4v) is 2.71. The first-order chi connectivity index (χ1) is 10.2. The van der Waals surface area contributed by atoms with Gasteiger partial charge in [0, 0.05) is 12.6 Å². The fourth-order valence-electron chi connectivity index (χ4n) is 2.71. The summed E-state index contributed by atoms with van der Waals surface area (Å²) in [5, 5.41) is 3.11. The second-order valence-corrected chi connectivity index (χ2v) is 5.03. The highest BCUT2D eigenvalue weighted by molar-refractivity contribution is 5.99. The van der Waals surface area contributed by atoms with Gasteiger partial charge < -0.3 is 20.4 Å². The molecule has 0 saturated heterocycles. The second-order valence-electron chi connectivity index (χ2n) is 5.03. The standard InChI is InChI=1S/C15H18N4O2/c1-3-4-5-10-8-21-12-7-9(14(16)20)6-11-13(12)19(10)15(17-2)18-11/h3-4,6-7,10H,5,8H2,1-2H3,(H2,16,20)(H,17,18)/b4-3+. The molecule has 0 radical (unpaired) electrons. The summed E-state index contributed by atoms with van der Waals surface area (Å²) in [4.78, 5) is 15.9. The number of amides is 1. The normalized spacial score (nSPS) is 17.1. The number of aromatic nitrogens is 2. The van der Waals surface area contributed by atoms with E-state index in [1.807, 2.05) is 20.0 Å². The monoisotopic (exact) mass is 286 g/mol. The van der Waals surface area contributed by atoms with Crippen LogP contribution < -0.4 is 15.8 Å².